The Bertz CT molecular complexity index is 687. The summed E-state index contributed by atoms with van der Waals surface area (Å²) in [6.45, 7) is 12.6. The third kappa shape index (κ3) is 4.15. The fraction of sp³-hybridized carbons (Fsp3) is 0.556. The number of rotatable bonds is 8. The maximum absolute atomic E-state index is 5.75. The van der Waals surface area contributed by atoms with E-state index in [4.69, 9.17) is 9.78 Å². The lowest BCUT2D eigenvalue weighted by molar-refractivity contribution is -0.332. The maximum atomic E-state index is 5.75. The van der Waals surface area contributed by atoms with Crippen LogP contribution < -0.4 is 0 Å². The van der Waals surface area contributed by atoms with Gasteiger partial charge in [-0.1, -0.05) is 95.3 Å². The highest BCUT2D eigenvalue weighted by molar-refractivity contribution is 5.35. The average Bonchev–Trinajstić information content (AvgIpc) is 2.75. The zero-order chi connectivity index (χ0) is 21.0. The molecule has 2 aromatic carbocycles. The van der Waals surface area contributed by atoms with Gasteiger partial charge in [-0.25, -0.2) is 9.78 Å². The van der Waals surface area contributed by atoms with Gasteiger partial charge in [-0.3, -0.25) is 0 Å². The lowest BCUT2D eigenvalue weighted by atomic mass is 9.45. The smallest absolute Gasteiger partial charge is 0.0930 e. The van der Waals surface area contributed by atoms with Gasteiger partial charge >= 0.3 is 0 Å². The minimum atomic E-state index is 0.0306. The predicted octanol–water partition coefficient (Wildman–Crippen LogP) is 7.23. The molecule has 29 heavy (non-hydrogen) atoms. The van der Waals surface area contributed by atoms with Crippen LogP contribution in [0.25, 0.3) is 0 Å². The van der Waals surface area contributed by atoms with Crippen molar-refractivity contribution in [1.82, 2.24) is 0 Å². The number of hydrogen-bond donors (Lipinski definition) is 0. The third-order valence-electron chi connectivity index (χ3n) is 7.66. The summed E-state index contributed by atoms with van der Waals surface area (Å²) < 4.78 is 0. The topological polar surface area (TPSA) is 18.5 Å². The summed E-state index contributed by atoms with van der Waals surface area (Å²) in [4.78, 5) is 11.2. The van der Waals surface area contributed by atoms with Crippen LogP contribution in [-0.4, -0.2) is 12.7 Å². The van der Waals surface area contributed by atoms with E-state index in [9.17, 15) is 0 Å². The Labute approximate surface area is 177 Å². The van der Waals surface area contributed by atoms with Crippen molar-refractivity contribution in [1.29, 1.82) is 0 Å². The second-order valence-electron chi connectivity index (χ2n) is 9.68. The Hall–Kier alpha value is -1.64. The van der Waals surface area contributed by atoms with Crippen molar-refractivity contribution in [2.45, 2.75) is 83.7 Å². The third-order valence-corrected chi connectivity index (χ3v) is 7.66. The second-order valence-corrected chi connectivity index (χ2v) is 9.68. The van der Waals surface area contributed by atoms with Gasteiger partial charge < -0.3 is 0 Å². The van der Waals surface area contributed by atoms with E-state index in [2.05, 4.69) is 95.3 Å². The first-order chi connectivity index (χ1) is 13.8. The molecule has 0 unspecified atom stereocenters. The molecule has 2 heteroatoms. The van der Waals surface area contributed by atoms with E-state index in [1.165, 1.54) is 11.1 Å². The predicted molar refractivity (Wildman–Crippen MR) is 121 cm³/mol. The number of hydrogen-bond acceptors (Lipinski definition) is 2. The quantitative estimate of drug-likeness (QED) is 0.267. The molecule has 0 saturated heterocycles. The van der Waals surface area contributed by atoms with E-state index in [-0.39, 0.29) is 22.3 Å². The van der Waals surface area contributed by atoms with Crippen LogP contribution in [0.5, 0.6) is 0 Å². The first kappa shape index (κ1) is 22.1. The summed E-state index contributed by atoms with van der Waals surface area (Å²) in [6.07, 6.45) is 5.51. The molecule has 0 aliphatic heterocycles. The Balaban J connectivity index is 1.97. The SMILES string of the molecule is CCCOOC1CCC(C(C)(C)c2ccccc2)(C(C)(C)c2ccccc2)CC1. The lowest BCUT2D eigenvalue weighted by Gasteiger charge is -2.59. The molecule has 0 N–H and O–H groups in total. The van der Waals surface area contributed by atoms with Crippen LogP contribution >= 0.6 is 0 Å². The summed E-state index contributed by atoms with van der Waals surface area (Å²) >= 11 is 0. The molecule has 1 aliphatic rings. The average molecular weight is 395 g/mol. The molecule has 0 atom stereocenters. The molecule has 2 aromatic rings. The lowest BCUT2D eigenvalue weighted by Crippen LogP contribution is -2.56. The normalized spacial score (nSPS) is 18.0. The Kier molecular flexibility index (Phi) is 6.86. The van der Waals surface area contributed by atoms with E-state index in [0.29, 0.717) is 6.61 Å². The molecule has 1 aliphatic carbocycles. The van der Waals surface area contributed by atoms with Crippen LogP contribution in [0.15, 0.2) is 60.7 Å². The van der Waals surface area contributed by atoms with Crippen molar-refractivity contribution in [2.75, 3.05) is 6.61 Å². The van der Waals surface area contributed by atoms with E-state index >= 15 is 0 Å². The Morgan fingerprint density at radius 3 is 1.66 bits per heavy atom. The van der Waals surface area contributed by atoms with Crippen LogP contribution in [0, 0.1) is 5.41 Å². The second kappa shape index (κ2) is 9.02. The molecule has 3 rings (SSSR count). The molecule has 0 heterocycles. The van der Waals surface area contributed by atoms with Crippen LogP contribution in [0.1, 0.15) is 77.8 Å². The van der Waals surface area contributed by atoms with E-state index in [1.807, 2.05) is 0 Å². The standard InChI is InChI=1S/C27H38O2/c1-6-21-28-29-24-17-19-27(20-18-24,25(2,3)22-13-9-7-10-14-22)26(4,5)23-15-11-8-12-16-23/h7-16,24H,6,17-21H2,1-5H3. The van der Waals surface area contributed by atoms with Gasteiger partial charge in [0.05, 0.1) is 12.7 Å². The van der Waals surface area contributed by atoms with Gasteiger partial charge in [-0.15, -0.1) is 0 Å². The summed E-state index contributed by atoms with van der Waals surface area (Å²) in [7, 11) is 0. The number of benzene rings is 2. The molecule has 0 aromatic heterocycles. The first-order valence-electron chi connectivity index (χ1n) is 11.2. The zero-order valence-corrected chi connectivity index (χ0v) is 18.9. The Morgan fingerprint density at radius 2 is 1.24 bits per heavy atom. The molecule has 0 radical (unpaired) electrons. The van der Waals surface area contributed by atoms with E-state index in [1.54, 1.807) is 0 Å². The molecule has 0 bridgehead atoms. The first-order valence-corrected chi connectivity index (χ1v) is 11.2. The van der Waals surface area contributed by atoms with Crippen LogP contribution in [0.4, 0.5) is 0 Å². The molecule has 158 valence electrons. The molecule has 0 amide bonds. The molecular formula is C27H38O2. The fourth-order valence-corrected chi connectivity index (χ4v) is 5.70. The van der Waals surface area contributed by atoms with E-state index < -0.39 is 0 Å². The monoisotopic (exact) mass is 394 g/mol. The largest absolute Gasteiger partial charge is 0.236 e. The van der Waals surface area contributed by atoms with Crippen molar-refractivity contribution in [3.8, 4) is 0 Å². The van der Waals surface area contributed by atoms with Crippen molar-refractivity contribution >= 4 is 0 Å². The minimum absolute atomic E-state index is 0.0306. The highest BCUT2D eigenvalue weighted by Gasteiger charge is 2.56. The maximum Gasteiger partial charge on any atom is 0.0930 e. The minimum Gasteiger partial charge on any atom is -0.236 e. The van der Waals surface area contributed by atoms with Gasteiger partial charge in [-0.2, -0.15) is 0 Å². The summed E-state index contributed by atoms with van der Waals surface area (Å²) in [6, 6.07) is 22.1. The summed E-state index contributed by atoms with van der Waals surface area (Å²) in [5, 5.41) is 0. The Morgan fingerprint density at radius 1 is 0.793 bits per heavy atom. The van der Waals surface area contributed by atoms with Gasteiger partial charge in [0.2, 0.25) is 0 Å². The van der Waals surface area contributed by atoms with Crippen LogP contribution in [-0.2, 0) is 20.6 Å². The van der Waals surface area contributed by atoms with Gasteiger partial charge in [0, 0.05) is 0 Å². The summed E-state index contributed by atoms with van der Waals surface area (Å²) in [5.74, 6) is 0. The summed E-state index contributed by atoms with van der Waals surface area (Å²) in [5.41, 5.74) is 3.02. The molecule has 2 nitrogen and oxygen atoms in total. The van der Waals surface area contributed by atoms with Crippen LogP contribution in [0.2, 0.25) is 0 Å². The highest BCUT2D eigenvalue weighted by atomic mass is 17.2. The van der Waals surface area contributed by atoms with Gasteiger partial charge in [0.15, 0.2) is 0 Å². The molecular weight excluding hydrogens is 356 g/mol. The van der Waals surface area contributed by atoms with Crippen molar-refractivity contribution in [3.63, 3.8) is 0 Å². The van der Waals surface area contributed by atoms with Crippen molar-refractivity contribution in [3.05, 3.63) is 71.8 Å². The van der Waals surface area contributed by atoms with Gasteiger partial charge in [0.1, 0.15) is 0 Å². The molecule has 0 spiro atoms. The van der Waals surface area contributed by atoms with Crippen molar-refractivity contribution in [2.24, 2.45) is 5.41 Å². The van der Waals surface area contributed by atoms with Gasteiger partial charge in [-0.05, 0) is 59.5 Å². The molecule has 1 saturated carbocycles. The van der Waals surface area contributed by atoms with E-state index in [0.717, 1.165) is 32.1 Å². The highest BCUT2D eigenvalue weighted by Crippen LogP contribution is 2.61. The molecule has 1 fully saturated rings. The van der Waals surface area contributed by atoms with Gasteiger partial charge in [0.25, 0.3) is 0 Å². The zero-order valence-electron chi connectivity index (χ0n) is 18.9. The fourth-order valence-electron chi connectivity index (χ4n) is 5.70. The van der Waals surface area contributed by atoms with Crippen LogP contribution in [0.3, 0.4) is 0 Å². The van der Waals surface area contributed by atoms with Crippen molar-refractivity contribution < 1.29 is 9.78 Å².